The number of fused-ring (bicyclic) bond motifs is 3. The Morgan fingerprint density at radius 2 is 1.59 bits per heavy atom. The molecular formula is C22H18ClN3O3. The molecule has 7 heteroatoms. The van der Waals surface area contributed by atoms with E-state index in [1.54, 1.807) is 25.2 Å². The monoisotopic (exact) mass is 407 g/mol. The van der Waals surface area contributed by atoms with Crippen molar-refractivity contribution in [1.29, 1.82) is 0 Å². The second-order valence-corrected chi connectivity index (χ2v) is 8.03. The lowest BCUT2D eigenvalue weighted by Crippen LogP contribution is -2.66. The first-order valence-electron chi connectivity index (χ1n) is 9.34. The van der Waals surface area contributed by atoms with Crippen LogP contribution in [0.25, 0.3) is 5.70 Å². The van der Waals surface area contributed by atoms with Gasteiger partial charge in [-0.05, 0) is 17.7 Å². The predicted molar refractivity (Wildman–Crippen MR) is 108 cm³/mol. The van der Waals surface area contributed by atoms with Crippen LogP contribution in [-0.4, -0.2) is 47.8 Å². The number of ketones is 1. The molecule has 2 heterocycles. The van der Waals surface area contributed by atoms with E-state index >= 15 is 0 Å². The first-order valence-corrected chi connectivity index (χ1v) is 9.72. The van der Waals surface area contributed by atoms with E-state index in [-0.39, 0.29) is 17.7 Å². The number of carbonyl (C=O) groups excluding carboxylic acids is 3. The van der Waals surface area contributed by atoms with Crippen LogP contribution in [0.4, 0.5) is 4.79 Å². The predicted octanol–water partition coefficient (Wildman–Crippen LogP) is 3.10. The number of rotatable bonds is 1. The minimum atomic E-state index is -0.624. The summed E-state index contributed by atoms with van der Waals surface area (Å²) < 4.78 is 0. The average Bonchev–Trinajstić information content (AvgIpc) is 3.02. The number of amides is 3. The SMILES string of the molecule is CN1C(=O)C2C(c3ccc(Cl)cc3)C3=C(NC2N(C)C1=O)c1ccccc1C3=O. The fourth-order valence-electron chi connectivity index (χ4n) is 4.69. The van der Waals surface area contributed by atoms with E-state index in [9.17, 15) is 14.4 Å². The molecule has 3 atom stereocenters. The maximum atomic E-state index is 13.4. The molecule has 0 bridgehead atoms. The Kier molecular flexibility index (Phi) is 3.83. The number of carbonyl (C=O) groups is 3. The van der Waals surface area contributed by atoms with Gasteiger partial charge in [-0.25, -0.2) is 4.79 Å². The van der Waals surface area contributed by atoms with E-state index in [0.717, 1.165) is 16.0 Å². The van der Waals surface area contributed by atoms with E-state index in [1.807, 2.05) is 30.3 Å². The summed E-state index contributed by atoms with van der Waals surface area (Å²) in [4.78, 5) is 41.8. The minimum absolute atomic E-state index is 0.0866. The molecule has 2 aromatic rings. The maximum Gasteiger partial charge on any atom is 0.327 e. The fourth-order valence-corrected chi connectivity index (χ4v) is 4.81. The molecule has 0 spiro atoms. The van der Waals surface area contributed by atoms with Crippen molar-refractivity contribution in [3.05, 3.63) is 75.8 Å². The lowest BCUT2D eigenvalue weighted by Gasteiger charge is -2.48. The first kappa shape index (κ1) is 17.9. The summed E-state index contributed by atoms with van der Waals surface area (Å²) in [5, 5.41) is 3.91. The summed E-state index contributed by atoms with van der Waals surface area (Å²) in [6.07, 6.45) is -0.551. The third-order valence-electron chi connectivity index (χ3n) is 6.11. The van der Waals surface area contributed by atoms with Crippen LogP contribution < -0.4 is 5.32 Å². The molecule has 146 valence electrons. The number of allylic oxidation sites excluding steroid dienone is 1. The smallest absolute Gasteiger partial charge is 0.327 e. The van der Waals surface area contributed by atoms with Gasteiger partial charge in [0.1, 0.15) is 6.17 Å². The summed E-state index contributed by atoms with van der Waals surface area (Å²) in [7, 11) is 3.15. The number of hydrogen-bond donors (Lipinski definition) is 1. The highest BCUT2D eigenvalue weighted by molar-refractivity contribution is 6.30. The lowest BCUT2D eigenvalue weighted by atomic mass is 9.73. The molecule has 0 saturated carbocycles. The lowest BCUT2D eigenvalue weighted by molar-refractivity contribution is -0.138. The van der Waals surface area contributed by atoms with E-state index in [4.69, 9.17) is 11.6 Å². The van der Waals surface area contributed by atoms with Crippen molar-refractivity contribution < 1.29 is 14.4 Å². The van der Waals surface area contributed by atoms with Gasteiger partial charge < -0.3 is 10.2 Å². The Morgan fingerprint density at radius 1 is 0.931 bits per heavy atom. The third-order valence-corrected chi connectivity index (χ3v) is 6.36. The summed E-state index contributed by atoms with van der Waals surface area (Å²) in [6, 6.07) is 14.2. The average molecular weight is 408 g/mol. The second-order valence-electron chi connectivity index (χ2n) is 7.60. The van der Waals surface area contributed by atoms with Crippen LogP contribution in [0.15, 0.2) is 54.1 Å². The highest BCUT2D eigenvalue weighted by Gasteiger charge is 2.54. The van der Waals surface area contributed by atoms with Gasteiger partial charge in [0.15, 0.2) is 5.78 Å². The molecule has 3 unspecified atom stereocenters. The van der Waals surface area contributed by atoms with Gasteiger partial charge >= 0.3 is 6.03 Å². The molecule has 3 aliphatic rings. The zero-order valence-electron chi connectivity index (χ0n) is 15.8. The molecule has 1 saturated heterocycles. The number of hydrogen-bond acceptors (Lipinski definition) is 4. The molecular weight excluding hydrogens is 390 g/mol. The van der Waals surface area contributed by atoms with Crippen molar-refractivity contribution >= 4 is 35.0 Å². The van der Waals surface area contributed by atoms with Gasteiger partial charge in [-0.15, -0.1) is 0 Å². The van der Waals surface area contributed by atoms with Crippen molar-refractivity contribution in [2.24, 2.45) is 5.92 Å². The van der Waals surface area contributed by atoms with Gasteiger partial charge in [0.2, 0.25) is 5.91 Å². The Labute approximate surface area is 172 Å². The molecule has 3 amide bonds. The van der Waals surface area contributed by atoms with Gasteiger partial charge in [0.25, 0.3) is 0 Å². The van der Waals surface area contributed by atoms with Crippen LogP contribution >= 0.6 is 11.6 Å². The Bertz CT molecular complexity index is 1110. The number of nitrogens with zero attached hydrogens (tertiary/aromatic N) is 2. The van der Waals surface area contributed by atoms with Crippen molar-refractivity contribution in [2.75, 3.05) is 14.1 Å². The standard InChI is InChI=1S/C22H18ClN3O3/c1-25-20-17(21(28)26(2)22(25)29)15(11-7-9-12(23)10-8-11)16-18(24-20)13-5-3-4-6-14(13)19(16)27/h3-10,15,17,20,24H,1-2H3. The fraction of sp³-hybridized carbons (Fsp3) is 0.227. The van der Waals surface area contributed by atoms with Gasteiger partial charge in [-0.3, -0.25) is 14.5 Å². The van der Waals surface area contributed by atoms with Gasteiger partial charge in [-0.1, -0.05) is 48.0 Å². The highest BCUT2D eigenvalue weighted by Crippen LogP contribution is 2.49. The highest BCUT2D eigenvalue weighted by atomic mass is 35.5. The first-order chi connectivity index (χ1) is 13.9. The third kappa shape index (κ3) is 2.39. The molecule has 0 aromatic heterocycles. The van der Waals surface area contributed by atoms with E-state index in [2.05, 4.69) is 5.32 Å². The molecule has 6 nitrogen and oxygen atoms in total. The van der Waals surface area contributed by atoms with Crippen molar-refractivity contribution in [3.63, 3.8) is 0 Å². The maximum absolute atomic E-state index is 13.4. The number of urea groups is 1. The van der Waals surface area contributed by atoms with Crippen LogP contribution in [0, 0.1) is 5.92 Å². The van der Waals surface area contributed by atoms with E-state index < -0.39 is 18.0 Å². The molecule has 1 aliphatic carbocycles. The number of nitrogens with one attached hydrogen (secondary N) is 1. The molecule has 2 aromatic carbocycles. The Morgan fingerprint density at radius 3 is 2.28 bits per heavy atom. The van der Waals surface area contributed by atoms with Crippen molar-refractivity contribution in [1.82, 2.24) is 15.1 Å². The normalized spacial score (nSPS) is 25.6. The van der Waals surface area contributed by atoms with E-state index in [1.165, 1.54) is 11.9 Å². The molecule has 29 heavy (non-hydrogen) atoms. The second kappa shape index (κ2) is 6.19. The van der Waals surface area contributed by atoms with Crippen molar-refractivity contribution in [3.8, 4) is 0 Å². The van der Waals surface area contributed by atoms with Crippen molar-refractivity contribution in [2.45, 2.75) is 12.1 Å². The number of halogens is 1. The summed E-state index contributed by atoms with van der Waals surface area (Å²) >= 11 is 6.08. The van der Waals surface area contributed by atoms with Crippen LogP contribution in [0.3, 0.4) is 0 Å². The quantitative estimate of drug-likeness (QED) is 0.788. The summed E-state index contributed by atoms with van der Waals surface area (Å²) in [6.45, 7) is 0. The van der Waals surface area contributed by atoms with E-state index in [0.29, 0.717) is 21.9 Å². The number of benzene rings is 2. The zero-order chi connectivity index (χ0) is 20.4. The molecule has 0 radical (unpaired) electrons. The summed E-state index contributed by atoms with van der Waals surface area (Å²) in [5.41, 5.74) is 3.50. The van der Waals surface area contributed by atoms with Crippen LogP contribution in [0.1, 0.15) is 27.4 Å². The van der Waals surface area contributed by atoms with Crippen LogP contribution in [0.2, 0.25) is 5.02 Å². The minimum Gasteiger partial charge on any atom is -0.364 e. The van der Waals surface area contributed by atoms with Gasteiger partial charge in [0.05, 0.1) is 11.6 Å². The van der Waals surface area contributed by atoms with Gasteiger partial charge in [-0.2, -0.15) is 0 Å². The Hall–Kier alpha value is -3.12. The van der Waals surface area contributed by atoms with Crippen LogP contribution in [0.5, 0.6) is 0 Å². The largest absolute Gasteiger partial charge is 0.364 e. The number of imide groups is 1. The molecule has 1 fully saturated rings. The molecule has 2 aliphatic heterocycles. The summed E-state index contributed by atoms with van der Waals surface area (Å²) in [5.74, 6) is -1.50. The number of Topliss-reactive ketones (excluding diaryl/α,β-unsaturated/α-hetero) is 1. The molecule has 1 N–H and O–H groups in total. The van der Waals surface area contributed by atoms with Crippen LogP contribution in [-0.2, 0) is 4.79 Å². The molecule has 5 rings (SSSR count). The topological polar surface area (TPSA) is 69.7 Å². The van der Waals surface area contributed by atoms with Gasteiger partial charge in [0, 0.05) is 41.7 Å². The Balaban J connectivity index is 1.75. The zero-order valence-corrected chi connectivity index (χ0v) is 16.6.